The lowest BCUT2D eigenvalue weighted by Gasteiger charge is -2.23. The van der Waals surface area contributed by atoms with Crippen LogP contribution < -0.4 is 5.32 Å². The number of aromatic nitrogens is 1. The average molecular weight is 267 g/mol. The van der Waals surface area contributed by atoms with Crippen LogP contribution in [-0.2, 0) is 11.3 Å². The van der Waals surface area contributed by atoms with Crippen molar-refractivity contribution in [2.75, 3.05) is 13.7 Å². The summed E-state index contributed by atoms with van der Waals surface area (Å²) in [5, 5.41) is 6.83. The van der Waals surface area contributed by atoms with Gasteiger partial charge in [-0.1, -0.05) is 5.16 Å². The number of urea groups is 1. The molecule has 0 aromatic carbocycles. The Labute approximate surface area is 113 Å². The van der Waals surface area contributed by atoms with Gasteiger partial charge >= 0.3 is 6.03 Å². The summed E-state index contributed by atoms with van der Waals surface area (Å²) in [4.78, 5) is 13.6. The van der Waals surface area contributed by atoms with E-state index in [2.05, 4.69) is 10.5 Å². The van der Waals surface area contributed by atoms with Gasteiger partial charge in [-0.25, -0.2) is 4.79 Å². The van der Waals surface area contributed by atoms with E-state index < -0.39 is 0 Å². The van der Waals surface area contributed by atoms with Gasteiger partial charge in [0.05, 0.1) is 18.7 Å². The highest BCUT2D eigenvalue weighted by molar-refractivity contribution is 5.74. The Morgan fingerprint density at radius 3 is 3.05 bits per heavy atom. The summed E-state index contributed by atoms with van der Waals surface area (Å²) in [5.41, 5.74) is 0.750. The molecule has 2 amide bonds. The summed E-state index contributed by atoms with van der Waals surface area (Å²) in [5.74, 6) is 0.747. The van der Waals surface area contributed by atoms with Crippen molar-refractivity contribution in [2.24, 2.45) is 0 Å². The summed E-state index contributed by atoms with van der Waals surface area (Å²) < 4.78 is 10.5. The Hall–Kier alpha value is -1.56. The van der Waals surface area contributed by atoms with Gasteiger partial charge in [0, 0.05) is 19.7 Å². The van der Waals surface area contributed by atoms with E-state index >= 15 is 0 Å². The molecule has 0 bridgehead atoms. The second kappa shape index (κ2) is 6.06. The molecule has 1 saturated heterocycles. The summed E-state index contributed by atoms with van der Waals surface area (Å²) in [6.45, 7) is 5.03. The highest BCUT2D eigenvalue weighted by atomic mass is 16.5. The fourth-order valence-electron chi connectivity index (χ4n) is 2.20. The number of hydrogen-bond donors (Lipinski definition) is 1. The minimum absolute atomic E-state index is 0.0245. The zero-order chi connectivity index (χ0) is 13.8. The molecule has 1 aromatic heterocycles. The topological polar surface area (TPSA) is 67.6 Å². The van der Waals surface area contributed by atoms with Crippen LogP contribution in [0.3, 0.4) is 0 Å². The minimum Gasteiger partial charge on any atom is -0.376 e. The lowest BCUT2D eigenvalue weighted by Crippen LogP contribution is -2.46. The number of amides is 2. The van der Waals surface area contributed by atoms with E-state index in [-0.39, 0.29) is 18.2 Å². The second-order valence-electron chi connectivity index (χ2n) is 5.07. The molecule has 0 radical (unpaired) electrons. The number of rotatable bonds is 4. The van der Waals surface area contributed by atoms with Crippen molar-refractivity contribution < 1.29 is 14.1 Å². The van der Waals surface area contributed by atoms with Crippen LogP contribution in [0.15, 0.2) is 10.6 Å². The van der Waals surface area contributed by atoms with Gasteiger partial charge < -0.3 is 19.5 Å². The Morgan fingerprint density at radius 1 is 1.68 bits per heavy atom. The van der Waals surface area contributed by atoms with Crippen LogP contribution in [-0.4, -0.2) is 41.9 Å². The molecule has 0 unspecified atom stereocenters. The van der Waals surface area contributed by atoms with E-state index in [0.717, 1.165) is 30.9 Å². The van der Waals surface area contributed by atoms with Crippen molar-refractivity contribution in [3.05, 3.63) is 17.5 Å². The molecule has 0 spiro atoms. The summed E-state index contributed by atoms with van der Waals surface area (Å²) >= 11 is 0. The second-order valence-corrected chi connectivity index (χ2v) is 5.07. The Bertz CT molecular complexity index is 427. The van der Waals surface area contributed by atoms with E-state index in [1.54, 1.807) is 11.9 Å². The molecular weight excluding hydrogens is 246 g/mol. The molecule has 6 nitrogen and oxygen atoms in total. The molecule has 19 heavy (non-hydrogen) atoms. The van der Waals surface area contributed by atoms with Crippen LogP contribution in [0.4, 0.5) is 4.79 Å². The first-order chi connectivity index (χ1) is 9.06. The molecule has 2 rings (SSSR count). The smallest absolute Gasteiger partial charge is 0.317 e. The highest BCUT2D eigenvalue weighted by Gasteiger charge is 2.24. The van der Waals surface area contributed by atoms with Crippen LogP contribution >= 0.6 is 0 Å². The van der Waals surface area contributed by atoms with Gasteiger partial charge in [-0.3, -0.25) is 0 Å². The molecular formula is C13H21N3O3. The SMILES string of the molecule is Cc1cc(CN(C)C(=O)N[C@H](C)[C@H]2CCCO2)no1. The molecule has 1 aliphatic heterocycles. The molecule has 2 heterocycles. The minimum atomic E-state index is -0.122. The molecule has 6 heteroatoms. The average Bonchev–Trinajstić information content (AvgIpc) is 3.00. The van der Waals surface area contributed by atoms with E-state index in [4.69, 9.17) is 9.26 Å². The maximum atomic E-state index is 12.0. The van der Waals surface area contributed by atoms with E-state index in [9.17, 15) is 4.79 Å². The third-order valence-electron chi connectivity index (χ3n) is 3.30. The number of aryl methyl sites for hydroxylation is 1. The molecule has 0 aliphatic carbocycles. The number of nitrogens with zero attached hydrogens (tertiary/aromatic N) is 2. The van der Waals surface area contributed by atoms with Crippen molar-refractivity contribution >= 4 is 6.03 Å². The molecule has 106 valence electrons. The van der Waals surface area contributed by atoms with Gasteiger partial charge in [0.2, 0.25) is 0 Å². The number of carbonyl (C=O) groups excluding carboxylic acids is 1. The number of ether oxygens (including phenoxy) is 1. The summed E-state index contributed by atoms with van der Waals surface area (Å²) in [7, 11) is 1.74. The maximum Gasteiger partial charge on any atom is 0.317 e. The molecule has 1 fully saturated rings. The van der Waals surface area contributed by atoms with Crippen molar-refractivity contribution in [1.82, 2.24) is 15.4 Å². The summed E-state index contributed by atoms with van der Waals surface area (Å²) in [6, 6.07) is 1.73. The van der Waals surface area contributed by atoms with Crippen molar-refractivity contribution in [3.8, 4) is 0 Å². The lowest BCUT2D eigenvalue weighted by molar-refractivity contribution is 0.0837. The van der Waals surface area contributed by atoms with Crippen LogP contribution in [0, 0.1) is 6.92 Å². The molecule has 1 N–H and O–H groups in total. The maximum absolute atomic E-state index is 12.0. The van der Waals surface area contributed by atoms with Gasteiger partial charge in [-0.05, 0) is 26.7 Å². The first-order valence-corrected chi connectivity index (χ1v) is 6.61. The van der Waals surface area contributed by atoms with Crippen LogP contribution in [0.25, 0.3) is 0 Å². The van der Waals surface area contributed by atoms with Gasteiger partial charge in [0.1, 0.15) is 11.5 Å². The van der Waals surface area contributed by atoms with Crippen molar-refractivity contribution in [1.29, 1.82) is 0 Å². The first kappa shape index (κ1) is 13.9. The third kappa shape index (κ3) is 3.70. The van der Waals surface area contributed by atoms with E-state index in [1.165, 1.54) is 0 Å². The standard InChI is InChI=1S/C13H21N3O3/c1-9-7-11(15-19-9)8-16(3)13(17)14-10(2)12-5-4-6-18-12/h7,10,12H,4-6,8H2,1-3H3,(H,14,17)/t10-,12-/m1/s1. The predicted octanol–water partition coefficient (Wildman–Crippen LogP) is 1.69. The monoisotopic (exact) mass is 267 g/mol. The number of hydrogen-bond acceptors (Lipinski definition) is 4. The normalized spacial score (nSPS) is 20.3. The van der Waals surface area contributed by atoms with Crippen LogP contribution in [0.2, 0.25) is 0 Å². The fraction of sp³-hybridized carbons (Fsp3) is 0.692. The third-order valence-corrected chi connectivity index (χ3v) is 3.30. The van der Waals surface area contributed by atoms with Crippen molar-refractivity contribution in [2.45, 2.75) is 45.4 Å². The van der Waals surface area contributed by atoms with Gasteiger partial charge in [0.15, 0.2) is 0 Å². The Kier molecular flexibility index (Phi) is 4.42. The lowest BCUT2D eigenvalue weighted by atomic mass is 10.1. The van der Waals surface area contributed by atoms with E-state index in [1.807, 2.05) is 19.9 Å². The zero-order valence-corrected chi connectivity index (χ0v) is 11.7. The fourth-order valence-corrected chi connectivity index (χ4v) is 2.20. The number of nitrogens with one attached hydrogen (secondary N) is 1. The Balaban J connectivity index is 1.81. The summed E-state index contributed by atoms with van der Waals surface area (Å²) in [6.07, 6.45) is 2.21. The highest BCUT2D eigenvalue weighted by Crippen LogP contribution is 2.15. The van der Waals surface area contributed by atoms with Gasteiger partial charge in [0.25, 0.3) is 0 Å². The zero-order valence-electron chi connectivity index (χ0n) is 11.7. The van der Waals surface area contributed by atoms with Gasteiger partial charge in [-0.15, -0.1) is 0 Å². The molecule has 1 aliphatic rings. The first-order valence-electron chi connectivity index (χ1n) is 6.61. The molecule has 1 aromatic rings. The van der Waals surface area contributed by atoms with Crippen molar-refractivity contribution in [3.63, 3.8) is 0 Å². The largest absolute Gasteiger partial charge is 0.376 e. The van der Waals surface area contributed by atoms with Crippen LogP contribution in [0.5, 0.6) is 0 Å². The van der Waals surface area contributed by atoms with Crippen LogP contribution in [0.1, 0.15) is 31.2 Å². The molecule has 2 atom stereocenters. The molecule has 0 saturated carbocycles. The van der Waals surface area contributed by atoms with E-state index in [0.29, 0.717) is 6.54 Å². The quantitative estimate of drug-likeness (QED) is 0.901. The number of carbonyl (C=O) groups is 1. The Morgan fingerprint density at radius 2 is 2.47 bits per heavy atom. The predicted molar refractivity (Wildman–Crippen MR) is 69.7 cm³/mol. The van der Waals surface area contributed by atoms with Gasteiger partial charge in [-0.2, -0.15) is 0 Å².